The summed E-state index contributed by atoms with van der Waals surface area (Å²) in [6.07, 6.45) is 6.44. The first-order valence-corrected chi connectivity index (χ1v) is 4.00. The molecule has 0 N–H and O–H groups in total. The van der Waals surface area contributed by atoms with E-state index in [-0.39, 0.29) is 0 Å². The molecule has 0 aliphatic heterocycles. The minimum Gasteiger partial charge on any atom is -0.303 e. The van der Waals surface area contributed by atoms with Crippen LogP contribution < -0.4 is 0 Å². The summed E-state index contributed by atoms with van der Waals surface area (Å²) in [4.78, 5) is 14.2. The van der Waals surface area contributed by atoms with Crippen LogP contribution in [0.15, 0.2) is 29.9 Å². The van der Waals surface area contributed by atoms with E-state index in [4.69, 9.17) is 0 Å². The molecule has 0 aromatic rings. The van der Waals surface area contributed by atoms with Crippen LogP contribution in [0.25, 0.3) is 0 Å². The summed E-state index contributed by atoms with van der Waals surface area (Å²) in [5.74, 6) is 0.482. The maximum atomic E-state index is 10.1. The summed E-state index contributed by atoms with van der Waals surface area (Å²) in [7, 11) is 2.07. The summed E-state index contributed by atoms with van der Waals surface area (Å²) in [6, 6.07) is 0. The van der Waals surface area contributed by atoms with Crippen LogP contribution in [0, 0.1) is 0 Å². The zero-order chi connectivity index (χ0) is 9.40. The Bertz CT molecular complexity index is 207. The largest absolute Gasteiger partial charge is 0.303 e. The van der Waals surface area contributed by atoms with Gasteiger partial charge in [0.25, 0.3) is 0 Å². The van der Waals surface area contributed by atoms with Gasteiger partial charge in [-0.1, -0.05) is 25.4 Å². The highest BCUT2D eigenvalue weighted by atomic mass is 16.1. The van der Waals surface area contributed by atoms with Crippen molar-refractivity contribution < 1.29 is 4.79 Å². The molecule has 3 heteroatoms. The number of allylic oxidation sites excluding steroid dienone is 2. The molecule has 0 aromatic heterocycles. The van der Waals surface area contributed by atoms with Gasteiger partial charge in [-0.3, -0.25) is 4.99 Å². The van der Waals surface area contributed by atoms with Gasteiger partial charge >= 0.3 is 0 Å². The van der Waals surface area contributed by atoms with Gasteiger partial charge in [0.1, 0.15) is 14.1 Å². The molecular weight excluding hydrogens is 149 g/mol. The SMILES string of the molecule is BC(C)/C=C\N=C(/C=C)CC=O. The summed E-state index contributed by atoms with van der Waals surface area (Å²) < 4.78 is 0. The maximum Gasteiger partial charge on any atom is 0.125 e. The van der Waals surface area contributed by atoms with Crippen molar-refractivity contribution in [1.29, 1.82) is 0 Å². The van der Waals surface area contributed by atoms with Gasteiger partial charge in [-0.05, 0) is 6.08 Å². The summed E-state index contributed by atoms with van der Waals surface area (Å²) in [6.45, 7) is 5.62. The monoisotopic (exact) mass is 163 g/mol. The summed E-state index contributed by atoms with van der Waals surface area (Å²) in [5.41, 5.74) is 0.710. The number of carbonyl (C=O) groups is 1. The Hall–Kier alpha value is -1.12. The van der Waals surface area contributed by atoms with Crippen molar-refractivity contribution in [2.75, 3.05) is 0 Å². The van der Waals surface area contributed by atoms with Crippen LogP contribution in [0.4, 0.5) is 0 Å². The number of aliphatic imine (C=N–C) groups is 1. The minimum absolute atomic E-state index is 0.339. The van der Waals surface area contributed by atoms with Gasteiger partial charge in [-0.2, -0.15) is 0 Å². The topological polar surface area (TPSA) is 29.4 Å². The van der Waals surface area contributed by atoms with Crippen LogP contribution >= 0.6 is 0 Å². The van der Waals surface area contributed by atoms with Crippen molar-refractivity contribution in [3.05, 3.63) is 24.9 Å². The highest BCUT2D eigenvalue weighted by Gasteiger charge is 1.88. The maximum absolute atomic E-state index is 10.1. The predicted molar refractivity (Wildman–Crippen MR) is 55.4 cm³/mol. The van der Waals surface area contributed by atoms with E-state index in [0.29, 0.717) is 17.9 Å². The molecule has 0 saturated carbocycles. The Kier molecular flexibility index (Phi) is 5.97. The van der Waals surface area contributed by atoms with Crippen LogP contribution in [0.2, 0.25) is 5.82 Å². The lowest BCUT2D eigenvalue weighted by atomic mass is 9.90. The fourth-order valence-corrected chi connectivity index (χ4v) is 0.585. The molecule has 0 aromatic carbocycles. The Morgan fingerprint density at radius 2 is 2.42 bits per heavy atom. The quantitative estimate of drug-likeness (QED) is 0.339. The molecule has 0 rings (SSSR count). The average Bonchev–Trinajstić information content (AvgIpc) is 2.02. The number of carbonyl (C=O) groups excluding carboxylic acids is 1. The van der Waals surface area contributed by atoms with Crippen LogP contribution in [0.3, 0.4) is 0 Å². The number of rotatable bonds is 5. The molecule has 64 valence electrons. The molecule has 0 bridgehead atoms. The van der Waals surface area contributed by atoms with E-state index in [1.807, 2.05) is 6.08 Å². The molecule has 0 amide bonds. The van der Waals surface area contributed by atoms with Gasteiger partial charge in [-0.15, -0.1) is 0 Å². The minimum atomic E-state index is 0.339. The summed E-state index contributed by atoms with van der Waals surface area (Å²) in [5, 5.41) is 0. The van der Waals surface area contributed by atoms with Gasteiger partial charge in [0.05, 0.1) is 0 Å². The van der Waals surface area contributed by atoms with E-state index in [1.54, 1.807) is 12.3 Å². The lowest BCUT2D eigenvalue weighted by molar-refractivity contribution is -0.106. The molecule has 0 radical (unpaired) electrons. The predicted octanol–water partition coefficient (Wildman–Crippen LogP) is 1.16. The third-order valence-corrected chi connectivity index (χ3v) is 1.24. The first kappa shape index (κ1) is 10.9. The van der Waals surface area contributed by atoms with Gasteiger partial charge in [-0.25, -0.2) is 0 Å². The molecule has 0 heterocycles. The molecule has 0 aliphatic rings. The van der Waals surface area contributed by atoms with E-state index >= 15 is 0 Å². The van der Waals surface area contributed by atoms with Crippen LogP contribution in [-0.2, 0) is 4.79 Å². The standard InChI is InChI=1S/C9H14BNO/c1-3-9(5-7-12)11-6-4-8(2)10/h3-4,6-8H,1,5,10H2,2H3/b6-4-,11-9+. The van der Waals surface area contributed by atoms with Gasteiger partial charge in [0.15, 0.2) is 0 Å². The first-order valence-electron chi connectivity index (χ1n) is 4.00. The van der Waals surface area contributed by atoms with E-state index < -0.39 is 0 Å². The third-order valence-electron chi connectivity index (χ3n) is 1.24. The van der Waals surface area contributed by atoms with Crippen molar-refractivity contribution in [3.8, 4) is 0 Å². The van der Waals surface area contributed by atoms with Crippen LogP contribution in [0.1, 0.15) is 13.3 Å². The van der Waals surface area contributed by atoms with Gasteiger partial charge in [0, 0.05) is 18.3 Å². The van der Waals surface area contributed by atoms with Crippen LogP contribution in [0.5, 0.6) is 0 Å². The second-order valence-electron chi connectivity index (χ2n) is 2.78. The zero-order valence-electron chi connectivity index (χ0n) is 7.66. The number of aldehydes is 1. The molecule has 1 atom stereocenters. The lowest BCUT2D eigenvalue weighted by Gasteiger charge is -1.92. The van der Waals surface area contributed by atoms with Crippen LogP contribution in [-0.4, -0.2) is 19.8 Å². The van der Waals surface area contributed by atoms with E-state index in [9.17, 15) is 4.79 Å². The lowest BCUT2D eigenvalue weighted by Crippen LogP contribution is -1.92. The summed E-state index contributed by atoms with van der Waals surface area (Å²) >= 11 is 0. The Labute approximate surface area is 74.5 Å². The number of nitrogens with zero attached hydrogens (tertiary/aromatic N) is 1. The van der Waals surface area contributed by atoms with E-state index in [1.165, 1.54) is 0 Å². The molecule has 0 fully saturated rings. The molecule has 0 saturated heterocycles. The fraction of sp³-hybridized carbons (Fsp3) is 0.333. The van der Waals surface area contributed by atoms with Crippen molar-refractivity contribution >= 4 is 19.8 Å². The molecule has 1 unspecified atom stereocenters. The van der Waals surface area contributed by atoms with E-state index in [2.05, 4.69) is 26.3 Å². The number of hydrogen-bond acceptors (Lipinski definition) is 2. The number of hydrogen-bond donors (Lipinski definition) is 0. The second kappa shape index (κ2) is 6.59. The molecule has 2 nitrogen and oxygen atoms in total. The highest BCUT2D eigenvalue weighted by molar-refractivity contribution is 6.12. The van der Waals surface area contributed by atoms with Crippen molar-refractivity contribution in [3.63, 3.8) is 0 Å². The van der Waals surface area contributed by atoms with Gasteiger partial charge < -0.3 is 4.79 Å². The van der Waals surface area contributed by atoms with Crippen molar-refractivity contribution in [2.24, 2.45) is 4.99 Å². The smallest absolute Gasteiger partial charge is 0.125 e. The van der Waals surface area contributed by atoms with E-state index in [0.717, 1.165) is 6.29 Å². The Morgan fingerprint density at radius 1 is 1.75 bits per heavy atom. The zero-order valence-corrected chi connectivity index (χ0v) is 7.66. The second-order valence-corrected chi connectivity index (χ2v) is 2.78. The third kappa shape index (κ3) is 5.65. The first-order chi connectivity index (χ1) is 5.70. The molecular formula is C9H14BNO. The Balaban J connectivity index is 4.09. The normalized spacial score (nSPS) is 14.6. The molecule has 12 heavy (non-hydrogen) atoms. The average molecular weight is 163 g/mol. The highest BCUT2D eigenvalue weighted by Crippen LogP contribution is 1.97. The molecule has 0 spiro atoms. The van der Waals surface area contributed by atoms with Gasteiger partial charge in [0.2, 0.25) is 0 Å². The molecule has 0 aliphatic carbocycles. The van der Waals surface area contributed by atoms with Crippen molar-refractivity contribution in [2.45, 2.75) is 19.2 Å². The fourth-order valence-electron chi connectivity index (χ4n) is 0.585. The van der Waals surface area contributed by atoms with Crippen molar-refractivity contribution in [1.82, 2.24) is 0 Å². The Morgan fingerprint density at radius 3 is 2.83 bits per heavy atom.